The predicted octanol–water partition coefficient (Wildman–Crippen LogP) is 5.33. The van der Waals surface area contributed by atoms with Crippen LogP contribution in [0.5, 0.6) is 0 Å². The van der Waals surface area contributed by atoms with Crippen molar-refractivity contribution >= 4 is 17.5 Å². The normalized spacial score (nSPS) is 21.1. The minimum atomic E-state index is -0.141. The molecule has 0 radical (unpaired) electrons. The van der Waals surface area contributed by atoms with Crippen LogP contribution in [0.1, 0.15) is 66.2 Å². The van der Waals surface area contributed by atoms with Gasteiger partial charge in [0.2, 0.25) is 0 Å². The Bertz CT molecular complexity index is 1140. The molecule has 2 unspecified atom stereocenters. The monoisotopic (exact) mass is 494 g/mol. The highest BCUT2D eigenvalue weighted by atomic mass is 35.5. The lowest BCUT2D eigenvalue weighted by Crippen LogP contribution is -2.39. The van der Waals surface area contributed by atoms with Crippen LogP contribution >= 0.6 is 11.6 Å². The maximum atomic E-state index is 12.7. The van der Waals surface area contributed by atoms with E-state index in [0.717, 1.165) is 42.4 Å². The molecule has 4 heterocycles. The van der Waals surface area contributed by atoms with E-state index in [-0.39, 0.29) is 11.9 Å². The van der Waals surface area contributed by atoms with Crippen LogP contribution in [0.25, 0.3) is 0 Å². The summed E-state index contributed by atoms with van der Waals surface area (Å²) < 4.78 is 8.28. The molecule has 1 amide bonds. The van der Waals surface area contributed by atoms with Gasteiger partial charge in [0.25, 0.3) is 5.91 Å². The van der Waals surface area contributed by atoms with Crippen molar-refractivity contribution in [1.29, 1.82) is 0 Å². The second kappa shape index (κ2) is 11.0. The zero-order valence-electron chi connectivity index (χ0n) is 20.5. The standard InChI is InChI=1S/C28H35ClN4O2/c1-21-8-4-5-15-31(21)17-7-14-30-28(34)26-13-12-22(35-26)20-33-19-18-32-16-6-11-25(32)27(33)23-9-2-3-10-24(23)29/h2-3,6,9-13,16,21,27H,4-5,7-8,14-15,17-20H2,1H3,(H,30,34). The number of amides is 1. The van der Waals surface area contributed by atoms with Gasteiger partial charge in [-0.3, -0.25) is 9.69 Å². The van der Waals surface area contributed by atoms with E-state index in [0.29, 0.717) is 24.9 Å². The Morgan fingerprint density at radius 2 is 1.94 bits per heavy atom. The van der Waals surface area contributed by atoms with Gasteiger partial charge in [-0.1, -0.05) is 36.2 Å². The van der Waals surface area contributed by atoms with Crippen molar-refractivity contribution in [2.45, 2.75) is 57.8 Å². The summed E-state index contributed by atoms with van der Waals surface area (Å²) in [5.74, 6) is 1.02. The topological polar surface area (TPSA) is 53.7 Å². The maximum Gasteiger partial charge on any atom is 0.286 e. The Hall–Kier alpha value is -2.54. The fraction of sp³-hybridized carbons (Fsp3) is 0.464. The Morgan fingerprint density at radius 3 is 2.80 bits per heavy atom. The fourth-order valence-corrected chi connectivity index (χ4v) is 5.74. The molecule has 0 bridgehead atoms. The number of hydrogen-bond acceptors (Lipinski definition) is 4. The fourth-order valence-electron chi connectivity index (χ4n) is 5.50. The molecule has 6 nitrogen and oxygen atoms in total. The smallest absolute Gasteiger partial charge is 0.286 e. The van der Waals surface area contributed by atoms with Gasteiger partial charge in [0, 0.05) is 49.1 Å². The van der Waals surface area contributed by atoms with E-state index in [1.807, 2.05) is 24.3 Å². The minimum absolute atomic E-state index is 0.0343. The third-order valence-corrected chi connectivity index (χ3v) is 7.77. The number of halogens is 1. The van der Waals surface area contributed by atoms with E-state index in [4.69, 9.17) is 16.0 Å². The molecule has 3 aromatic rings. The molecule has 5 rings (SSSR count). The summed E-state index contributed by atoms with van der Waals surface area (Å²) in [5.41, 5.74) is 2.30. The van der Waals surface area contributed by atoms with Crippen molar-refractivity contribution in [3.8, 4) is 0 Å². The molecule has 1 N–H and O–H groups in total. The summed E-state index contributed by atoms with van der Waals surface area (Å²) in [6.07, 6.45) is 6.97. The Balaban J connectivity index is 1.20. The molecule has 0 saturated carbocycles. The molecule has 2 aliphatic rings. The van der Waals surface area contributed by atoms with Gasteiger partial charge in [-0.15, -0.1) is 0 Å². The minimum Gasteiger partial charge on any atom is -0.455 e. The number of piperidine rings is 1. The first kappa shape index (κ1) is 24.2. The highest BCUT2D eigenvalue weighted by Crippen LogP contribution is 2.37. The largest absolute Gasteiger partial charge is 0.455 e. The molecular formula is C28H35ClN4O2. The van der Waals surface area contributed by atoms with E-state index in [1.54, 1.807) is 6.07 Å². The van der Waals surface area contributed by atoms with Gasteiger partial charge in [0.1, 0.15) is 5.76 Å². The van der Waals surface area contributed by atoms with Gasteiger partial charge in [0.15, 0.2) is 5.76 Å². The van der Waals surface area contributed by atoms with Crippen LogP contribution < -0.4 is 5.32 Å². The number of rotatable bonds is 8. The van der Waals surface area contributed by atoms with Crippen LogP contribution in [-0.4, -0.2) is 52.5 Å². The lowest BCUT2D eigenvalue weighted by atomic mass is 9.99. The number of aromatic nitrogens is 1. The molecule has 7 heteroatoms. The molecule has 2 aliphatic heterocycles. The van der Waals surface area contributed by atoms with Gasteiger partial charge in [-0.2, -0.15) is 0 Å². The van der Waals surface area contributed by atoms with Crippen molar-refractivity contribution in [2.75, 3.05) is 26.2 Å². The van der Waals surface area contributed by atoms with Gasteiger partial charge in [0.05, 0.1) is 12.6 Å². The molecule has 0 spiro atoms. The number of likely N-dealkylation sites (tertiary alicyclic amines) is 1. The number of nitrogens with zero attached hydrogens (tertiary/aromatic N) is 3. The average Bonchev–Trinajstić information content (AvgIpc) is 3.53. The summed E-state index contributed by atoms with van der Waals surface area (Å²) >= 11 is 6.61. The molecule has 1 fully saturated rings. The van der Waals surface area contributed by atoms with Crippen molar-refractivity contribution in [2.24, 2.45) is 0 Å². The number of benzene rings is 1. The molecule has 1 saturated heterocycles. The summed E-state index contributed by atoms with van der Waals surface area (Å²) in [4.78, 5) is 17.6. The molecule has 1 aromatic carbocycles. The Kier molecular flexibility index (Phi) is 7.61. The van der Waals surface area contributed by atoms with Gasteiger partial charge in [-0.25, -0.2) is 0 Å². The number of carbonyl (C=O) groups excluding carboxylic acids is 1. The van der Waals surface area contributed by atoms with Crippen LogP contribution in [0.4, 0.5) is 0 Å². The van der Waals surface area contributed by atoms with Gasteiger partial charge < -0.3 is 19.2 Å². The number of fused-ring (bicyclic) bond motifs is 1. The summed E-state index contributed by atoms with van der Waals surface area (Å²) in [6, 6.07) is 16.7. The van der Waals surface area contributed by atoms with E-state index in [1.165, 1.54) is 31.5 Å². The van der Waals surface area contributed by atoms with Crippen LogP contribution in [0.2, 0.25) is 5.02 Å². The third-order valence-electron chi connectivity index (χ3n) is 7.43. The highest BCUT2D eigenvalue weighted by Gasteiger charge is 2.31. The summed E-state index contributed by atoms with van der Waals surface area (Å²) in [6.45, 7) is 7.56. The number of furan rings is 1. The predicted molar refractivity (Wildman–Crippen MR) is 139 cm³/mol. The highest BCUT2D eigenvalue weighted by molar-refractivity contribution is 6.31. The molecule has 35 heavy (non-hydrogen) atoms. The second-order valence-electron chi connectivity index (χ2n) is 9.78. The lowest BCUT2D eigenvalue weighted by Gasteiger charge is -2.37. The SMILES string of the molecule is CC1CCCCN1CCCNC(=O)c1ccc(CN2CCn3cccc3C2c2ccccc2Cl)o1. The van der Waals surface area contributed by atoms with Crippen molar-refractivity contribution in [3.63, 3.8) is 0 Å². The Morgan fingerprint density at radius 1 is 1.06 bits per heavy atom. The van der Waals surface area contributed by atoms with Crippen molar-refractivity contribution in [3.05, 3.63) is 82.5 Å². The van der Waals surface area contributed by atoms with E-state index >= 15 is 0 Å². The van der Waals surface area contributed by atoms with Crippen LogP contribution in [0.3, 0.4) is 0 Å². The van der Waals surface area contributed by atoms with Crippen LogP contribution in [0.15, 0.2) is 59.1 Å². The van der Waals surface area contributed by atoms with Crippen molar-refractivity contribution < 1.29 is 9.21 Å². The van der Waals surface area contributed by atoms with Crippen LogP contribution in [0, 0.1) is 0 Å². The summed E-state index contributed by atoms with van der Waals surface area (Å²) in [5, 5.41) is 3.79. The molecule has 0 aliphatic carbocycles. The quantitative estimate of drug-likeness (QED) is 0.430. The molecule has 2 aromatic heterocycles. The maximum absolute atomic E-state index is 12.7. The first-order valence-electron chi connectivity index (χ1n) is 12.8. The number of carbonyl (C=O) groups is 1. The molecular weight excluding hydrogens is 460 g/mol. The first-order valence-corrected chi connectivity index (χ1v) is 13.2. The number of nitrogens with one attached hydrogen (secondary N) is 1. The van der Waals surface area contributed by atoms with E-state index in [2.05, 4.69) is 51.0 Å². The Labute approximate surface area is 212 Å². The first-order chi connectivity index (χ1) is 17.1. The van der Waals surface area contributed by atoms with E-state index < -0.39 is 0 Å². The lowest BCUT2D eigenvalue weighted by molar-refractivity contribution is 0.0914. The zero-order valence-corrected chi connectivity index (χ0v) is 21.2. The van der Waals surface area contributed by atoms with Crippen LogP contribution in [-0.2, 0) is 13.1 Å². The molecule has 2 atom stereocenters. The third kappa shape index (κ3) is 5.50. The second-order valence-corrected chi connectivity index (χ2v) is 10.2. The average molecular weight is 495 g/mol. The number of hydrogen-bond donors (Lipinski definition) is 1. The zero-order chi connectivity index (χ0) is 24.2. The van der Waals surface area contributed by atoms with Gasteiger partial charge >= 0.3 is 0 Å². The van der Waals surface area contributed by atoms with Gasteiger partial charge in [-0.05, 0) is 68.6 Å². The summed E-state index contributed by atoms with van der Waals surface area (Å²) in [7, 11) is 0. The van der Waals surface area contributed by atoms with E-state index in [9.17, 15) is 4.79 Å². The molecule has 186 valence electrons. The van der Waals surface area contributed by atoms with Crippen molar-refractivity contribution in [1.82, 2.24) is 19.7 Å².